The number of hydrogen-bond acceptors (Lipinski definition) is 3. The lowest BCUT2D eigenvalue weighted by Crippen LogP contribution is -2.29. The third-order valence-electron chi connectivity index (χ3n) is 4.73. The van der Waals surface area contributed by atoms with E-state index in [0.717, 1.165) is 0 Å². The molecular formula is C14H20BrNO3S. The second kappa shape index (κ2) is 4.71. The fourth-order valence-corrected chi connectivity index (χ4v) is 4.78. The van der Waals surface area contributed by atoms with E-state index < -0.39 is 10.0 Å². The third kappa shape index (κ3) is 2.38. The summed E-state index contributed by atoms with van der Waals surface area (Å²) in [6, 6.07) is 4.69. The van der Waals surface area contributed by atoms with Crippen LogP contribution in [-0.4, -0.2) is 21.6 Å². The van der Waals surface area contributed by atoms with Crippen LogP contribution in [0.4, 0.5) is 0 Å². The number of methoxy groups -OCH3 is 1. The highest BCUT2D eigenvalue weighted by Crippen LogP contribution is 2.62. The van der Waals surface area contributed by atoms with Crippen molar-refractivity contribution in [3.63, 3.8) is 0 Å². The summed E-state index contributed by atoms with van der Waals surface area (Å²) in [6.45, 7) is 8.29. The first-order chi connectivity index (χ1) is 9.04. The van der Waals surface area contributed by atoms with Crippen molar-refractivity contribution in [1.82, 2.24) is 4.72 Å². The Morgan fingerprint density at radius 2 is 1.75 bits per heavy atom. The Bertz CT molecular complexity index is 624. The molecule has 1 aliphatic rings. The fraction of sp³-hybridized carbons (Fsp3) is 0.571. The minimum Gasteiger partial charge on any atom is -0.496 e. The third-order valence-corrected chi connectivity index (χ3v) is 6.77. The molecule has 1 aromatic carbocycles. The monoisotopic (exact) mass is 361 g/mol. The normalized spacial score (nSPS) is 20.7. The zero-order chi connectivity index (χ0) is 15.3. The number of halogens is 1. The van der Waals surface area contributed by atoms with Crippen molar-refractivity contribution in [3.05, 3.63) is 22.7 Å². The van der Waals surface area contributed by atoms with Crippen molar-refractivity contribution in [2.45, 2.75) is 38.6 Å². The summed E-state index contributed by atoms with van der Waals surface area (Å²) in [7, 11) is -1.98. The molecule has 0 saturated heterocycles. The van der Waals surface area contributed by atoms with E-state index in [1.165, 1.54) is 0 Å². The van der Waals surface area contributed by atoms with Gasteiger partial charge >= 0.3 is 0 Å². The van der Waals surface area contributed by atoms with E-state index in [2.05, 4.69) is 48.3 Å². The summed E-state index contributed by atoms with van der Waals surface area (Å²) in [4.78, 5) is 0.240. The van der Waals surface area contributed by atoms with Crippen LogP contribution in [-0.2, 0) is 10.0 Å². The molecule has 0 radical (unpaired) electrons. The lowest BCUT2D eigenvalue weighted by molar-refractivity contribution is 0.411. The predicted octanol–water partition coefficient (Wildman–Crippen LogP) is 3.17. The molecule has 0 heterocycles. The predicted molar refractivity (Wildman–Crippen MR) is 82.4 cm³/mol. The zero-order valence-electron chi connectivity index (χ0n) is 12.3. The smallest absolute Gasteiger partial charge is 0.240 e. The van der Waals surface area contributed by atoms with Gasteiger partial charge in [0.15, 0.2) is 0 Å². The van der Waals surface area contributed by atoms with Crippen LogP contribution in [0.5, 0.6) is 5.75 Å². The number of nitrogens with one attached hydrogen (secondary N) is 1. The van der Waals surface area contributed by atoms with Gasteiger partial charge in [-0.1, -0.05) is 27.7 Å². The van der Waals surface area contributed by atoms with E-state index in [0.29, 0.717) is 10.2 Å². The quantitative estimate of drug-likeness (QED) is 0.895. The molecule has 0 atom stereocenters. The Balaban J connectivity index is 2.27. The molecule has 4 nitrogen and oxygen atoms in total. The highest BCUT2D eigenvalue weighted by molar-refractivity contribution is 9.10. The van der Waals surface area contributed by atoms with Crippen LogP contribution in [0.1, 0.15) is 27.7 Å². The van der Waals surface area contributed by atoms with Gasteiger partial charge in [-0.3, -0.25) is 0 Å². The molecule has 20 heavy (non-hydrogen) atoms. The number of sulfonamides is 1. The Hall–Kier alpha value is -0.590. The van der Waals surface area contributed by atoms with Gasteiger partial charge in [0.25, 0.3) is 0 Å². The van der Waals surface area contributed by atoms with E-state index in [4.69, 9.17) is 4.74 Å². The Labute approximate surface area is 129 Å². The Morgan fingerprint density at radius 3 is 2.15 bits per heavy atom. The molecule has 1 aromatic rings. The van der Waals surface area contributed by atoms with Crippen LogP contribution < -0.4 is 9.46 Å². The van der Waals surface area contributed by atoms with Crippen molar-refractivity contribution >= 4 is 26.0 Å². The number of ether oxygens (including phenoxy) is 1. The second-order valence-corrected chi connectivity index (χ2v) is 8.86. The molecule has 1 saturated carbocycles. The summed E-state index contributed by atoms with van der Waals surface area (Å²) in [5.74, 6) is 0.607. The van der Waals surface area contributed by atoms with Crippen LogP contribution in [0.15, 0.2) is 27.6 Å². The van der Waals surface area contributed by atoms with Crippen LogP contribution in [0.3, 0.4) is 0 Å². The van der Waals surface area contributed by atoms with E-state index in [1.807, 2.05) is 0 Å². The van der Waals surface area contributed by atoms with Crippen LogP contribution in [0.25, 0.3) is 0 Å². The minimum atomic E-state index is -3.52. The average molecular weight is 362 g/mol. The Morgan fingerprint density at radius 1 is 1.20 bits per heavy atom. The van der Waals surface area contributed by atoms with E-state index in [1.54, 1.807) is 25.3 Å². The summed E-state index contributed by atoms with van der Waals surface area (Å²) in [5, 5.41) is 0. The molecular weight excluding hydrogens is 342 g/mol. The van der Waals surface area contributed by atoms with Gasteiger partial charge in [0, 0.05) is 6.04 Å². The van der Waals surface area contributed by atoms with Gasteiger partial charge in [0.1, 0.15) is 5.75 Å². The number of benzene rings is 1. The van der Waals surface area contributed by atoms with Crippen molar-refractivity contribution in [1.29, 1.82) is 0 Å². The highest BCUT2D eigenvalue weighted by atomic mass is 79.9. The van der Waals surface area contributed by atoms with Gasteiger partial charge in [-0.25, -0.2) is 13.1 Å². The fourth-order valence-electron chi connectivity index (χ4n) is 2.53. The van der Waals surface area contributed by atoms with Crippen molar-refractivity contribution in [2.24, 2.45) is 10.8 Å². The standard InChI is InChI=1S/C14H20BrNO3S/c1-13(2)12(14(13,3)4)16-20(17,18)9-6-7-11(19-5)10(15)8-9/h6-8,12,16H,1-5H3. The second-order valence-electron chi connectivity index (χ2n) is 6.29. The summed E-state index contributed by atoms with van der Waals surface area (Å²) in [6.07, 6.45) is 0. The first-order valence-corrected chi connectivity index (χ1v) is 8.67. The van der Waals surface area contributed by atoms with Gasteiger partial charge in [0.2, 0.25) is 10.0 Å². The summed E-state index contributed by atoms with van der Waals surface area (Å²) in [5.41, 5.74) is -0.0758. The summed E-state index contributed by atoms with van der Waals surface area (Å²) >= 11 is 3.31. The first-order valence-electron chi connectivity index (χ1n) is 6.40. The lowest BCUT2D eigenvalue weighted by atomic mass is 10.0. The molecule has 2 rings (SSSR count). The number of rotatable bonds is 4. The maximum Gasteiger partial charge on any atom is 0.240 e. The van der Waals surface area contributed by atoms with Crippen LogP contribution in [0.2, 0.25) is 0 Å². The van der Waals surface area contributed by atoms with Gasteiger partial charge in [-0.05, 0) is 45.0 Å². The molecule has 0 unspecified atom stereocenters. The first kappa shape index (κ1) is 15.8. The van der Waals surface area contributed by atoms with Crippen LogP contribution in [0, 0.1) is 10.8 Å². The van der Waals surface area contributed by atoms with E-state index in [-0.39, 0.29) is 21.8 Å². The maximum atomic E-state index is 12.4. The molecule has 1 fully saturated rings. The van der Waals surface area contributed by atoms with Crippen molar-refractivity contribution in [2.75, 3.05) is 7.11 Å². The van der Waals surface area contributed by atoms with Gasteiger partial charge in [0.05, 0.1) is 16.5 Å². The van der Waals surface area contributed by atoms with Crippen molar-refractivity contribution in [3.8, 4) is 5.75 Å². The van der Waals surface area contributed by atoms with Crippen molar-refractivity contribution < 1.29 is 13.2 Å². The minimum absolute atomic E-state index is 0.0379. The van der Waals surface area contributed by atoms with Crippen LogP contribution >= 0.6 is 15.9 Å². The molecule has 0 amide bonds. The molecule has 6 heteroatoms. The zero-order valence-corrected chi connectivity index (χ0v) is 14.7. The topological polar surface area (TPSA) is 55.4 Å². The molecule has 0 spiro atoms. The number of hydrogen-bond donors (Lipinski definition) is 1. The molecule has 1 aliphatic carbocycles. The highest BCUT2D eigenvalue weighted by Gasteiger charge is 2.66. The molecule has 112 valence electrons. The lowest BCUT2D eigenvalue weighted by Gasteiger charge is -2.10. The molecule has 1 N–H and O–H groups in total. The van der Waals surface area contributed by atoms with Gasteiger partial charge in [-0.2, -0.15) is 0 Å². The maximum absolute atomic E-state index is 12.4. The summed E-state index contributed by atoms with van der Waals surface area (Å²) < 4.78 is 33.4. The SMILES string of the molecule is COc1ccc(S(=O)(=O)NC2C(C)(C)C2(C)C)cc1Br. The average Bonchev–Trinajstić information content (AvgIpc) is 2.71. The largest absolute Gasteiger partial charge is 0.496 e. The van der Waals surface area contributed by atoms with E-state index in [9.17, 15) is 8.42 Å². The Kier molecular flexibility index (Phi) is 3.72. The van der Waals surface area contributed by atoms with E-state index >= 15 is 0 Å². The van der Waals surface area contributed by atoms with Gasteiger partial charge in [-0.15, -0.1) is 0 Å². The molecule has 0 aliphatic heterocycles. The molecule has 0 bridgehead atoms. The molecule has 0 aromatic heterocycles. The van der Waals surface area contributed by atoms with Gasteiger partial charge < -0.3 is 4.74 Å².